The van der Waals surface area contributed by atoms with Crippen molar-refractivity contribution < 1.29 is 22.6 Å². The first-order valence-electron chi connectivity index (χ1n) is 8.66. The van der Waals surface area contributed by atoms with Crippen LogP contribution in [0, 0.1) is 0 Å². The normalized spacial score (nSPS) is 12.0. The van der Waals surface area contributed by atoms with Gasteiger partial charge in [0.25, 0.3) is 5.56 Å². The third kappa shape index (κ3) is 5.31. The third-order valence-electron chi connectivity index (χ3n) is 4.08. The number of ether oxygens (including phenoxy) is 2. The minimum absolute atomic E-state index is 0.0751. The molecule has 0 aliphatic rings. The van der Waals surface area contributed by atoms with Gasteiger partial charge >= 0.3 is 12.1 Å². The summed E-state index contributed by atoms with van der Waals surface area (Å²) in [6.07, 6.45) is -1.25. The molecule has 0 aliphatic heterocycles. The minimum atomic E-state index is -4.82. The van der Waals surface area contributed by atoms with Crippen molar-refractivity contribution in [2.75, 3.05) is 6.16 Å². The maximum Gasteiger partial charge on any atom is 0.573 e. The lowest BCUT2D eigenvalue weighted by Crippen LogP contribution is -2.39. The summed E-state index contributed by atoms with van der Waals surface area (Å²) in [5.74, 6) is -0.219. The van der Waals surface area contributed by atoms with Gasteiger partial charge in [0.15, 0.2) is 0 Å². The second-order valence-electron chi connectivity index (χ2n) is 6.20. The lowest BCUT2D eigenvalue weighted by Gasteiger charge is -2.12. The number of aryl methyl sites for hydroxylation is 1. The molecule has 0 bridgehead atoms. The molecule has 0 radical (unpaired) electrons. The van der Waals surface area contributed by atoms with Gasteiger partial charge in [0.05, 0.1) is 11.6 Å². The van der Waals surface area contributed by atoms with E-state index in [0.29, 0.717) is 19.2 Å². The Bertz CT molecular complexity index is 1180. The lowest BCUT2D eigenvalue weighted by atomic mass is 10.3. The van der Waals surface area contributed by atoms with Crippen LogP contribution in [0.1, 0.15) is 6.42 Å². The largest absolute Gasteiger partial charge is 0.573 e. The first kappa shape index (κ1) is 22.5. The van der Waals surface area contributed by atoms with Crippen LogP contribution in [0.25, 0.3) is 11.0 Å². The molecule has 1 aromatic carbocycles. The van der Waals surface area contributed by atoms with Gasteiger partial charge in [-0.15, -0.1) is 13.2 Å². The highest BCUT2D eigenvalue weighted by atomic mass is 127. The number of fused-ring (bicyclic) bond motifs is 1. The van der Waals surface area contributed by atoms with Gasteiger partial charge in [-0.3, -0.25) is 13.9 Å². The molecule has 160 valence electrons. The van der Waals surface area contributed by atoms with Crippen LogP contribution < -0.4 is 20.7 Å². The molecule has 7 nitrogen and oxygen atoms in total. The van der Waals surface area contributed by atoms with Gasteiger partial charge in [-0.1, -0.05) is 34.3 Å². The molecule has 3 aromatic rings. The fourth-order valence-electron chi connectivity index (χ4n) is 2.79. The van der Waals surface area contributed by atoms with E-state index in [4.69, 9.17) is 4.74 Å². The number of benzene rings is 1. The van der Waals surface area contributed by atoms with Gasteiger partial charge in [-0.2, -0.15) is 0 Å². The van der Waals surface area contributed by atoms with Crippen molar-refractivity contribution in [3.05, 3.63) is 57.4 Å². The number of hydrogen-bond donors (Lipinski definition) is 0. The van der Waals surface area contributed by atoms with Crippen LogP contribution in [0.3, 0.4) is 0 Å². The summed E-state index contributed by atoms with van der Waals surface area (Å²) in [6, 6.07) is 6.41. The Balaban J connectivity index is 1.96. The molecular weight excluding hydrogens is 537 g/mol. The van der Waals surface area contributed by atoms with Gasteiger partial charge in [0.1, 0.15) is 22.9 Å². The molecule has 2 aromatic heterocycles. The smallest absolute Gasteiger partial charge is 0.456 e. The third-order valence-corrected chi connectivity index (χ3v) is 6.24. The van der Waals surface area contributed by atoms with Crippen LogP contribution in [0.4, 0.5) is 13.2 Å². The van der Waals surface area contributed by atoms with E-state index in [-0.39, 0.29) is 22.5 Å². The van der Waals surface area contributed by atoms with Crippen LogP contribution >= 0.6 is 28.3 Å². The highest BCUT2D eigenvalue weighted by Gasteiger charge is 2.31. The molecule has 0 saturated heterocycles. The summed E-state index contributed by atoms with van der Waals surface area (Å²) in [7, 11) is 1.52. The highest BCUT2D eigenvalue weighted by molar-refractivity contribution is 14.2. The van der Waals surface area contributed by atoms with E-state index < -0.39 is 23.4 Å². The molecule has 30 heavy (non-hydrogen) atoms. The molecule has 0 amide bonds. The maximum atomic E-state index is 12.8. The number of nitrogens with zero attached hydrogens (tertiary/aromatic N) is 3. The van der Waals surface area contributed by atoms with Crippen molar-refractivity contribution >= 4 is 39.3 Å². The topological polar surface area (TPSA) is 75.4 Å². The average Bonchev–Trinajstić information content (AvgIpc) is 2.68. The Morgan fingerprint density at radius 3 is 2.60 bits per heavy atom. The predicted molar refractivity (Wildman–Crippen MR) is 116 cm³/mol. The number of halogens is 4. The zero-order valence-corrected chi connectivity index (χ0v) is 18.7. The molecule has 0 aliphatic carbocycles. The standard InChI is InChI=1S/C18H16F3IN3O4P/c1-24-15-14(16(26)25(17(24)27)6-3-7-30-22)9-13(10-23-15)28-11-4-2-5-12(8-11)29-18(19,20)21/h2,4-5,8-10,30H,3,6-7H2,1H3. The Hall–Kier alpha value is -2.14. The Kier molecular flexibility index (Phi) is 7.02. The van der Waals surface area contributed by atoms with Crippen molar-refractivity contribution in [2.45, 2.75) is 19.3 Å². The summed E-state index contributed by atoms with van der Waals surface area (Å²) in [4.78, 5) is 29.4. The number of alkyl halides is 3. The van der Waals surface area contributed by atoms with Gasteiger partial charge in [0.2, 0.25) is 0 Å². The maximum absolute atomic E-state index is 12.8. The summed E-state index contributed by atoms with van der Waals surface area (Å²) >= 11 is 2.25. The van der Waals surface area contributed by atoms with Crippen molar-refractivity contribution in [2.24, 2.45) is 7.05 Å². The number of pyridine rings is 1. The van der Waals surface area contributed by atoms with Gasteiger partial charge in [0, 0.05) is 19.7 Å². The van der Waals surface area contributed by atoms with Crippen LogP contribution in [0.15, 0.2) is 46.1 Å². The number of hydrogen-bond acceptors (Lipinski definition) is 5. The quantitative estimate of drug-likeness (QED) is 0.249. The first-order valence-corrected chi connectivity index (χ1v) is 13.0. The number of rotatable bonds is 7. The second kappa shape index (κ2) is 9.34. The monoisotopic (exact) mass is 553 g/mol. The molecule has 12 heteroatoms. The number of aromatic nitrogens is 3. The van der Waals surface area contributed by atoms with Gasteiger partial charge in [-0.25, -0.2) is 9.78 Å². The predicted octanol–water partition coefficient (Wildman–Crippen LogP) is 4.20. The van der Waals surface area contributed by atoms with Crippen LogP contribution in [0.5, 0.6) is 17.2 Å². The fraction of sp³-hybridized carbons (Fsp3) is 0.278. The van der Waals surface area contributed by atoms with Crippen molar-refractivity contribution in [3.8, 4) is 17.2 Å². The zero-order valence-electron chi connectivity index (χ0n) is 15.6. The van der Waals surface area contributed by atoms with E-state index in [2.05, 4.69) is 31.8 Å². The molecule has 0 N–H and O–H groups in total. The molecule has 3 rings (SSSR count). The SMILES string of the molecule is Cn1c(=O)n(CCCPI)c(=O)c2cc(Oc3cccc(OC(F)(F)F)c3)cnc21. The Labute approximate surface area is 183 Å². The van der Waals surface area contributed by atoms with Crippen molar-refractivity contribution in [1.82, 2.24) is 14.1 Å². The Morgan fingerprint density at radius 1 is 1.17 bits per heavy atom. The van der Waals surface area contributed by atoms with E-state index in [1.807, 2.05) is 0 Å². The fourth-order valence-corrected chi connectivity index (χ4v) is 4.23. The molecule has 1 atom stereocenters. The van der Waals surface area contributed by atoms with Crippen molar-refractivity contribution in [1.29, 1.82) is 0 Å². The molecule has 0 fully saturated rings. The summed E-state index contributed by atoms with van der Waals surface area (Å²) < 4.78 is 49.1. The molecule has 0 spiro atoms. The van der Waals surface area contributed by atoms with E-state index in [1.54, 1.807) is 0 Å². The molecule has 1 unspecified atom stereocenters. The molecule has 0 saturated carbocycles. The molecule has 2 heterocycles. The average molecular weight is 553 g/mol. The van der Waals surface area contributed by atoms with Crippen LogP contribution in [-0.2, 0) is 13.6 Å². The summed E-state index contributed by atoms with van der Waals surface area (Å²) in [5.41, 5.74) is -0.752. The van der Waals surface area contributed by atoms with E-state index in [0.717, 1.165) is 22.9 Å². The minimum Gasteiger partial charge on any atom is -0.456 e. The van der Waals surface area contributed by atoms with E-state index in [9.17, 15) is 22.8 Å². The zero-order chi connectivity index (χ0) is 21.9. The summed E-state index contributed by atoms with van der Waals surface area (Å²) in [6.45, 7) is 0.291. The second-order valence-corrected chi connectivity index (χ2v) is 9.26. The van der Waals surface area contributed by atoms with E-state index in [1.165, 1.54) is 36.0 Å². The molecular formula is C18H16F3IN3O4P. The van der Waals surface area contributed by atoms with Crippen LogP contribution in [-0.4, -0.2) is 26.6 Å². The highest BCUT2D eigenvalue weighted by Crippen LogP contribution is 2.29. The van der Waals surface area contributed by atoms with Gasteiger partial charge in [-0.05, 0) is 30.8 Å². The van der Waals surface area contributed by atoms with E-state index >= 15 is 0 Å². The first-order chi connectivity index (χ1) is 14.2. The van der Waals surface area contributed by atoms with Crippen LogP contribution in [0.2, 0.25) is 0 Å². The Morgan fingerprint density at radius 2 is 1.90 bits per heavy atom. The van der Waals surface area contributed by atoms with Crippen molar-refractivity contribution in [3.63, 3.8) is 0 Å². The van der Waals surface area contributed by atoms with Gasteiger partial charge < -0.3 is 9.47 Å². The summed E-state index contributed by atoms with van der Waals surface area (Å²) in [5, 5.41) is 0.175. The lowest BCUT2D eigenvalue weighted by molar-refractivity contribution is -0.274.